The third kappa shape index (κ3) is 2.27. The molecule has 0 aliphatic heterocycles. The fourth-order valence-electron chi connectivity index (χ4n) is 1.89. The standard InChI is InChI=1S/C14H17N3O/c1-8-5-11(13(18-4)6-9(8)2)12-7-10(3)16-14(15)17-12/h5-7H,1-4H3,(H2,15,16,17). The van der Waals surface area contributed by atoms with E-state index < -0.39 is 0 Å². The third-order valence-electron chi connectivity index (χ3n) is 2.96. The number of aryl methyl sites for hydroxylation is 3. The smallest absolute Gasteiger partial charge is 0.220 e. The summed E-state index contributed by atoms with van der Waals surface area (Å²) >= 11 is 0. The second-order valence-corrected chi connectivity index (χ2v) is 4.39. The van der Waals surface area contributed by atoms with E-state index in [1.54, 1.807) is 7.11 Å². The SMILES string of the molecule is COc1cc(C)c(C)cc1-c1cc(C)nc(N)n1. The van der Waals surface area contributed by atoms with Gasteiger partial charge in [0.25, 0.3) is 0 Å². The summed E-state index contributed by atoms with van der Waals surface area (Å²) < 4.78 is 5.41. The Morgan fingerprint density at radius 2 is 1.67 bits per heavy atom. The molecule has 2 rings (SSSR count). The molecule has 0 saturated carbocycles. The van der Waals surface area contributed by atoms with Crippen LogP contribution in [0.1, 0.15) is 16.8 Å². The minimum atomic E-state index is 0.283. The minimum Gasteiger partial charge on any atom is -0.496 e. The maximum absolute atomic E-state index is 5.69. The number of hydrogen-bond donors (Lipinski definition) is 1. The van der Waals surface area contributed by atoms with Crippen LogP contribution in [0.15, 0.2) is 18.2 Å². The molecule has 0 fully saturated rings. The van der Waals surface area contributed by atoms with Crippen molar-refractivity contribution in [3.8, 4) is 17.0 Å². The van der Waals surface area contributed by atoms with Crippen molar-refractivity contribution < 1.29 is 4.74 Å². The maximum Gasteiger partial charge on any atom is 0.220 e. The minimum absolute atomic E-state index is 0.283. The Morgan fingerprint density at radius 1 is 1.00 bits per heavy atom. The molecule has 0 atom stereocenters. The Labute approximate surface area is 107 Å². The number of benzene rings is 1. The summed E-state index contributed by atoms with van der Waals surface area (Å²) in [6.45, 7) is 6.02. The van der Waals surface area contributed by atoms with Crippen molar-refractivity contribution in [2.45, 2.75) is 20.8 Å². The summed E-state index contributed by atoms with van der Waals surface area (Å²) in [5.74, 6) is 1.08. The van der Waals surface area contributed by atoms with E-state index in [-0.39, 0.29) is 5.95 Å². The average Bonchev–Trinajstić information content (AvgIpc) is 2.30. The predicted octanol–water partition coefficient (Wildman–Crippen LogP) is 2.66. The van der Waals surface area contributed by atoms with Crippen molar-refractivity contribution in [3.63, 3.8) is 0 Å². The molecule has 1 heterocycles. The summed E-state index contributed by atoms with van der Waals surface area (Å²) in [6.07, 6.45) is 0. The molecule has 0 bridgehead atoms. The highest BCUT2D eigenvalue weighted by atomic mass is 16.5. The molecule has 0 saturated heterocycles. The van der Waals surface area contributed by atoms with E-state index in [0.717, 1.165) is 22.7 Å². The number of hydrogen-bond acceptors (Lipinski definition) is 4. The predicted molar refractivity (Wildman–Crippen MR) is 72.6 cm³/mol. The van der Waals surface area contributed by atoms with Crippen molar-refractivity contribution in [2.24, 2.45) is 0 Å². The first-order valence-electron chi connectivity index (χ1n) is 5.78. The number of aromatic nitrogens is 2. The van der Waals surface area contributed by atoms with Crippen LogP contribution in [0.3, 0.4) is 0 Å². The van der Waals surface area contributed by atoms with Gasteiger partial charge in [0.15, 0.2) is 0 Å². The topological polar surface area (TPSA) is 61.0 Å². The molecule has 4 nitrogen and oxygen atoms in total. The zero-order chi connectivity index (χ0) is 13.3. The highest BCUT2D eigenvalue weighted by molar-refractivity contribution is 5.70. The summed E-state index contributed by atoms with van der Waals surface area (Å²) in [6, 6.07) is 5.98. The molecule has 18 heavy (non-hydrogen) atoms. The molecule has 2 aromatic rings. The van der Waals surface area contributed by atoms with E-state index in [1.165, 1.54) is 11.1 Å². The molecule has 0 aliphatic carbocycles. The fraction of sp³-hybridized carbons (Fsp3) is 0.286. The van der Waals surface area contributed by atoms with E-state index in [0.29, 0.717) is 0 Å². The van der Waals surface area contributed by atoms with E-state index in [1.807, 2.05) is 19.1 Å². The number of nitrogen functional groups attached to an aromatic ring is 1. The number of nitrogens with two attached hydrogens (primary N) is 1. The number of ether oxygens (including phenoxy) is 1. The van der Waals surface area contributed by atoms with Gasteiger partial charge in [-0.05, 0) is 50.1 Å². The van der Waals surface area contributed by atoms with Gasteiger partial charge in [-0.3, -0.25) is 0 Å². The molecule has 0 radical (unpaired) electrons. The first-order valence-corrected chi connectivity index (χ1v) is 5.78. The van der Waals surface area contributed by atoms with E-state index in [9.17, 15) is 0 Å². The van der Waals surface area contributed by atoms with Gasteiger partial charge in [-0.1, -0.05) is 0 Å². The lowest BCUT2D eigenvalue weighted by Crippen LogP contribution is -2.00. The van der Waals surface area contributed by atoms with Gasteiger partial charge in [0.1, 0.15) is 5.75 Å². The van der Waals surface area contributed by atoms with Crippen molar-refractivity contribution >= 4 is 5.95 Å². The molecule has 2 N–H and O–H groups in total. The zero-order valence-corrected chi connectivity index (χ0v) is 11.1. The molecule has 1 aromatic carbocycles. The number of nitrogens with zero attached hydrogens (tertiary/aromatic N) is 2. The van der Waals surface area contributed by atoms with Gasteiger partial charge in [0, 0.05) is 11.3 Å². The lowest BCUT2D eigenvalue weighted by atomic mass is 10.0. The van der Waals surface area contributed by atoms with Crippen LogP contribution in [0, 0.1) is 20.8 Å². The Hall–Kier alpha value is -2.10. The first kappa shape index (κ1) is 12.4. The lowest BCUT2D eigenvalue weighted by molar-refractivity contribution is 0.416. The van der Waals surface area contributed by atoms with Crippen LogP contribution in [0.25, 0.3) is 11.3 Å². The van der Waals surface area contributed by atoms with Gasteiger partial charge in [-0.2, -0.15) is 0 Å². The number of methoxy groups -OCH3 is 1. The van der Waals surface area contributed by atoms with Crippen LogP contribution < -0.4 is 10.5 Å². The van der Waals surface area contributed by atoms with Crippen LogP contribution in [-0.4, -0.2) is 17.1 Å². The molecule has 0 spiro atoms. The highest BCUT2D eigenvalue weighted by Gasteiger charge is 2.11. The van der Waals surface area contributed by atoms with Crippen LogP contribution >= 0.6 is 0 Å². The third-order valence-corrected chi connectivity index (χ3v) is 2.96. The molecule has 0 amide bonds. The molecule has 1 aromatic heterocycles. The van der Waals surface area contributed by atoms with Crippen LogP contribution in [0.4, 0.5) is 5.95 Å². The Kier molecular flexibility index (Phi) is 3.19. The summed E-state index contributed by atoms with van der Waals surface area (Å²) in [7, 11) is 1.66. The van der Waals surface area contributed by atoms with Gasteiger partial charge in [-0.25, -0.2) is 9.97 Å². The van der Waals surface area contributed by atoms with Gasteiger partial charge in [0.2, 0.25) is 5.95 Å². The van der Waals surface area contributed by atoms with Crippen molar-refractivity contribution in [1.29, 1.82) is 0 Å². The monoisotopic (exact) mass is 243 g/mol. The number of anilines is 1. The van der Waals surface area contributed by atoms with Gasteiger partial charge in [-0.15, -0.1) is 0 Å². The first-order chi connectivity index (χ1) is 8.51. The largest absolute Gasteiger partial charge is 0.496 e. The van der Waals surface area contributed by atoms with Crippen LogP contribution in [-0.2, 0) is 0 Å². The van der Waals surface area contributed by atoms with Crippen LogP contribution in [0.5, 0.6) is 5.75 Å². The highest BCUT2D eigenvalue weighted by Crippen LogP contribution is 2.31. The average molecular weight is 243 g/mol. The lowest BCUT2D eigenvalue weighted by Gasteiger charge is -2.12. The van der Waals surface area contributed by atoms with Crippen molar-refractivity contribution in [1.82, 2.24) is 9.97 Å². The Balaban J connectivity index is 2.65. The van der Waals surface area contributed by atoms with Gasteiger partial charge >= 0.3 is 0 Å². The normalized spacial score (nSPS) is 10.4. The molecule has 4 heteroatoms. The molecule has 0 unspecified atom stereocenters. The molecular formula is C14H17N3O. The Bertz CT molecular complexity index is 574. The zero-order valence-electron chi connectivity index (χ0n) is 11.1. The Morgan fingerprint density at radius 3 is 2.28 bits per heavy atom. The molecular weight excluding hydrogens is 226 g/mol. The quantitative estimate of drug-likeness (QED) is 0.880. The second-order valence-electron chi connectivity index (χ2n) is 4.39. The van der Waals surface area contributed by atoms with E-state index >= 15 is 0 Å². The summed E-state index contributed by atoms with van der Waals surface area (Å²) in [5.41, 5.74) is 10.7. The van der Waals surface area contributed by atoms with Gasteiger partial charge in [0.05, 0.1) is 12.8 Å². The van der Waals surface area contributed by atoms with Crippen LogP contribution in [0.2, 0.25) is 0 Å². The summed E-state index contributed by atoms with van der Waals surface area (Å²) in [5, 5.41) is 0. The second kappa shape index (κ2) is 4.64. The fourth-order valence-corrected chi connectivity index (χ4v) is 1.89. The molecule has 94 valence electrons. The van der Waals surface area contributed by atoms with Crippen molar-refractivity contribution in [2.75, 3.05) is 12.8 Å². The molecule has 0 aliphatic rings. The van der Waals surface area contributed by atoms with Gasteiger partial charge < -0.3 is 10.5 Å². The van der Waals surface area contributed by atoms with E-state index in [2.05, 4.69) is 29.9 Å². The van der Waals surface area contributed by atoms with E-state index in [4.69, 9.17) is 10.5 Å². The number of rotatable bonds is 2. The maximum atomic E-state index is 5.69. The van der Waals surface area contributed by atoms with Crippen molar-refractivity contribution in [3.05, 3.63) is 35.0 Å². The summed E-state index contributed by atoms with van der Waals surface area (Å²) in [4.78, 5) is 8.35.